The number of carbonyl (C=O) groups is 2. The minimum Gasteiger partial charge on any atom is -0.290 e. The lowest BCUT2D eigenvalue weighted by atomic mass is 9.69. The molecule has 0 aliphatic heterocycles. The zero-order valence-corrected chi connectivity index (χ0v) is 9.30. The first kappa shape index (κ1) is 9.34. The van der Waals surface area contributed by atoms with E-state index in [1.165, 1.54) is 0 Å². The van der Waals surface area contributed by atoms with Crippen LogP contribution in [-0.2, 0) is 4.79 Å². The summed E-state index contributed by atoms with van der Waals surface area (Å²) in [4.78, 5) is 24.2. The molecule has 4 unspecified atom stereocenters. The molecule has 2 nitrogen and oxygen atoms in total. The van der Waals surface area contributed by atoms with Crippen molar-refractivity contribution in [1.82, 2.24) is 0 Å². The van der Waals surface area contributed by atoms with Gasteiger partial charge in [-0.25, -0.2) is 0 Å². The number of hydrogen-bond acceptors (Lipinski definition) is 2. The minimum atomic E-state index is -0.275. The van der Waals surface area contributed by atoms with Crippen molar-refractivity contribution in [3.63, 3.8) is 0 Å². The Labute approximate surface area is 99.3 Å². The van der Waals surface area contributed by atoms with E-state index in [0.717, 1.165) is 12.0 Å². The van der Waals surface area contributed by atoms with Crippen LogP contribution in [0.4, 0.5) is 0 Å². The van der Waals surface area contributed by atoms with Crippen molar-refractivity contribution in [2.24, 2.45) is 17.8 Å². The van der Waals surface area contributed by atoms with E-state index < -0.39 is 0 Å². The number of Topliss-reactive ketones (excluding diaryl/α,β-unsaturated/α-hetero) is 2. The second-order valence-electron chi connectivity index (χ2n) is 5.28. The summed E-state index contributed by atoms with van der Waals surface area (Å²) < 4.78 is 0. The van der Waals surface area contributed by atoms with Gasteiger partial charge in [0.15, 0.2) is 0 Å². The Kier molecular flexibility index (Phi) is 1.62. The number of allylic oxidation sites excluding steroid dienone is 2. The molecule has 0 radical (unpaired) electrons. The standard InChI is InChI=1S/C15H12O2/c16-14-11-4-2-1-3-10(11)12-8-5-6-9(7-8)13(12)15(14)17/h1-6,8-9,12-13H,7H2. The van der Waals surface area contributed by atoms with Gasteiger partial charge in [0.25, 0.3) is 0 Å². The molecule has 0 saturated heterocycles. The molecule has 0 heterocycles. The SMILES string of the molecule is O=C1C(=O)C2C3C=CC(C3)C2c2ccccc21. The lowest BCUT2D eigenvalue weighted by Crippen LogP contribution is -2.37. The molecule has 1 saturated carbocycles. The largest absolute Gasteiger partial charge is 0.290 e. The van der Waals surface area contributed by atoms with Crippen molar-refractivity contribution < 1.29 is 9.59 Å². The van der Waals surface area contributed by atoms with Gasteiger partial charge in [0.05, 0.1) is 0 Å². The van der Waals surface area contributed by atoms with Crippen LogP contribution in [0.1, 0.15) is 28.3 Å². The van der Waals surface area contributed by atoms with E-state index in [1.54, 1.807) is 6.07 Å². The summed E-state index contributed by atoms with van der Waals surface area (Å²) in [6.07, 6.45) is 5.40. The summed E-state index contributed by atoms with van der Waals surface area (Å²) in [6, 6.07) is 7.62. The average Bonchev–Trinajstić information content (AvgIpc) is 2.96. The predicted octanol–water partition coefficient (Wildman–Crippen LogP) is 2.36. The van der Waals surface area contributed by atoms with E-state index in [2.05, 4.69) is 12.2 Å². The Hall–Kier alpha value is -1.70. The van der Waals surface area contributed by atoms with Gasteiger partial charge in [-0.2, -0.15) is 0 Å². The van der Waals surface area contributed by atoms with Crippen molar-refractivity contribution >= 4 is 11.6 Å². The Morgan fingerprint density at radius 3 is 2.47 bits per heavy atom. The maximum atomic E-state index is 12.2. The van der Waals surface area contributed by atoms with Crippen molar-refractivity contribution in [2.45, 2.75) is 12.3 Å². The molecule has 4 atom stereocenters. The van der Waals surface area contributed by atoms with Gasteiger partial charge in [-0.1, -0.05) is 36.4 Å². The summed E-state index contributed by atoms with van der Waals surface area (Å²) in [5.74, 6) is 0.505. The van der Waals surface area contributed by atoms with Gasteiger partial charge in [0.1, 0.15) is 0 Å². The van der Waals surface area contributed by atoms with Crippen LogP contribution in [-0.4, -0.2) is 11.6 Å². The molecule has 0 amide bonds. The number of carbonyl (C=O) groups excluding carboxylic acids is 2. The molecule has 0 spiro atoms. The second kappa shape index (κ2) is 2.95. The molecule has 0 aromatic heterocycles. The smallest absolute Gasteiger partial charge is 0.229 e. The maximum Gasteiger partial charge on any atom is 0.229 e. The highest BCUT2D eigenvalue weighted by Crippen LogP contribution is 2.55. The summed E-state index contributed by atoms with van der Waals surface area (Å²) in [6.45, 7) is 0. The van der Waals surface area contributed by atoms with Crippen LogP contribution >= 0.6 is 0 Å². The molecule has 1 fully saturated rings. The fourth-order valence-electron chi connectivity index (χ4n) is 3.88. The molecule has 2 heteroatoms. The van der Waals surface area contributed by atoms with E-state index in [9.17, 15) is 9.59 Å². The number of hydrogen-bond donors (Lipinski definition) is 0. The third kappa shape index (κ3) is 1.01. The van der Waals surface area contributed by atoms with E-state index >= 15 is 0 Å². The van der Waals surface area contributed by atoms with Gasteiger partial charge in [-0.05, 0) is 23.8 Å². The van der Waals surface area contributed by atoms with Crippen LogP contribution in [0.5, 0.6) is 0 Å². The molecular weight excluding hydrogens is 212 g/mol. The number of fused-ring (bicyclic) bond motifs is 7. The lowest BCUT2D eigenvalue weighted by Gasteiger charge is -2.32. The summed E-state index contributed by atoms with van der Waals surface area (Å²) >= 11 is 0. The number of ketones is 2. The van der Waals surface area contributed by atoms with E-state index in [1.807, 2.05) is 18.2 Å². The normalized spacial score (nSPS) is 37.2. The van der Waals surface area contributed by atoms with Crippen molar-refractivity contribution in [1.29, 1.82) is 0 Å². The highest BCUT2D eigenvalue weighted by molar-refractivity contribution is 6.46. The van der Waals surface area contributed by atoms with Gasteiger partial charge in [0.2, 0.25) is 11.6 Å². The highest BCUT2D eigenvalue weighted by Gasteiger charge is 2.53. The monoisotopic (exact) mass is 224 g/mol. The van der Waals surface area contributed by atoms with Gasteiger partial charge in [0, 0.05) is 17.4 Å². The Morgan fingerprint density at radius 1 is 0.941 bits per heavy atom. The predicted molar refractivity (Wildman–Crippen MR) is 62.7 cm³/mol. The summed E-state index contributed by atoms with van der Waals surface area (Å²) in [5.41, 5.74) is 1.73. The van der Waals surface area contributed by atoms with E-state index in [-0.39, 0.29) is 23.4 Å². The minimum absolute atomic E-state index is 0.0765. The first-order valence-electron chi connectivity index (χ1n) is 6.13. The molecule has 3 aliphatic rings. The van der Waals surface area contributed by atoms with Crippen molar-refractivity contribution in [3.8, 4) is 0 Å². The maximum absolute atomic E-state index is 12.2. The van der Waals surface area contributed by atoms with Crippen LogP contribution < -0.4 is 0 Å². The molecule has 1 aromatic rings. The van der Waals surface area contributed by atoms with E-state index in [4.69, 9.17) is 0 Å². The summed E-state index contributed by atoms with van der Waals surface area (Å²) in [7, 11) is 0. The fourth-order valence-corrected chi connectivity index (χ4v) is 3.88. The third-order valence-corrected chi connectivity index (χ3v) is 4.55. The zero-order valence-electron chi connectivity index (χ0n) is 9.30. The van der Waals surface area contributed by atoms with Crippen LogP contribution in [0, 0.1) is 17.8 Å². The van der Waals surface area contributed by atoms with Crippen molar-refractivity contribution in [2.75, 3.05) is 0 Å². The van der Waals surface area contributed by atoms with Crippen LogP contribution in [0.15, 0.2) is 36.4 Å². The molecule has 0 N–H and O–H groups in total. The van der Waals surface area contributed by atoms with Gasteiger partial charge in [-0.15, -0.1) is 0 Å². The fraction of sp³-hybridized carbons (Fsp3) is 0.333. The lowest BCUT2D eigenvalue weighted by molar-refractivity contribution is -0.120. The molecule has 17 heavy (non-hydrogen) atoms. The Balaban J connectivity index is 1.98. The third-order valence-electron chi connectivity index (χ3n) is 4.55. The molecule has 84 valence electrons. The Morgan fingerprint density at radius 2 is 1.65 bits per heavy atom. The zero-order chi connectivity index (χ0) is 11.6. The van der Waals surface area contributed by atoms with E-state index in [0.29, 0.717) is 17.4 Å². The Bertz CT molecular complexity index is 570. The van der Waals surface area contributed by atoms with Crippen LogP contribution in [0.2, 0.25) is 0 Å². The van der Waals surface area contributed by atoms with Gasteiger partial charge in [-0.3, -0.25) is 9.59 Å². The quantitative estimate of drug-likeness (QED) is 0.500. The molecule has 2 bridgehead atoms. The van der Waals surface area contributed by atoms with Crippen LogP contribution in [0.3, 0.4) is 0 Å². The topological polar surface area (TPSA) is 34.1 Å². The van der Waals surface area contributed by atoms with Crippen molar-refractivity contribution in [3.05, 3.63) is 47.5 Å². The summed E-state index contributed by atoms with van der Waals surface area (Å²) in [5, 5.41) is 0. The van der Waals surface area contributed by atoms with Gasteiger partial charge < -0.3 is 0 Å². The van der Waals surface area contributed by atoms with Crippen LogP contribution in [0.25, 0.3) is 0 Å². The number of rotatable bonds is 0. The molecule has 3 aliphatic carbocycles. The molecular formula is C15H12O2. The van der Waals surface area contributed by atoms with Gasteiger partial charge >= 0.3 is 0 Å². The molecule has 4 rings (SSSR count). The second-order valence-corrected chi connectivity index (χ2v) is 5.28. The first-order chi connectivity index (χ1) is 8.27. The number of benzene rings is 1. The average molecular weight is 224 g/mol. The first-order valence-corrected chi connectivity index (χ1v) is 6.13. The molecule has 1 aromatic carbocycles. The highest BCUT2D eigenvalue weighted by atomic mass is 16.2.